The predicted octanol–water partition coefficient (Wildman–Crippen LogP) is 1.25. The minimum absolute atomic E-state index is 0.00332. The van der Waals surface area contributed by atoms with Crippen molar-refractivity contribution in [2.75, 3.05) is 13.2 Å². The lowest BCUT2D eigenvalue weighted by Crippen LogP contribution is -2.27. The Morgan fingerprint density at radius 3 is 2.86 bits per heavy atom. The molecule has 2 aromatic rings. The minimum Gasteiger partial charge on any atom is -0.395 e. The van der Waals surface area contributed by atoms with Crippen molar-refractivity contribution in [1.29, 1.82) is 0 Å². The maximum Gasteiger partial charge on any atom is 0.291 e. The number of amides is 1. The maximum absolute atomic E-state index is 13.3. The SMILES string of the molecule is CC(C)c1nc(C(=O)NCCO)nn1-c1cccc(F)c1. The molecule has 2 N–H and O–H groups in total. The van der Waals surface area contributed by atoms with Gasteiger partial charge in [0.05, 0.1) is 12.3 Å². The third kappa shape index (κ3) is 3.43. The van der Waals surface area contributed by atoms with Gasteiger partial charge in [-0.15, -0.1) is 5.10 Å². The number of hydrogen-bond acceptors (Lipinski definition) is 4. The second kappa shape index (κ2) is 6.45. The van der Waals surface area contributed by atoms with Gasteiger partial charge in [-0.3, -0.25) is 4.79 Å². The Bertz CT molecular complexity index is 640. The fraction of sp³-hybridized carbons (Fsp3) is 0.357. The highest BCUT2D eigenvalue weighted by atomic mass is 19.1. The number of carbonyl (C=O) groups excluding carboxylic acids is 1. The van der Waals surface area contributed by atoms with E-state index in [1.807, 2.05) is 13.8 Å². The fourth-order valence-electron chi connectivity index (χ4n) is 1.84. The van der Waals surface area contributed by atoms with E-state index in [1.165, 1.54) is 16.8 Å². The standard InChI is InChI=1S/C14H17FN4O2/c1-9(2)13-17-12(14(21)16-6-7-20)18-19(13)11-5-3-4-10(15)8-11/h3-5,8-9,20H,6-7H2,1-2H3,(H,16,21). The van der Waals surface area contributed by atoms with Crippen LogP contribution in [-0.4, -0.2) is 38.9 Å². The zero-order valence-corrected chi connectivity index (χ0v) is 11.9. The van der Waals surface area contributed by atoms with E-state index >= 15 is 0 Å². The molecule has 2 rings (SSSR count). The van der Waals surface area contributed by atoms with E-state index in [4.69, 9.17) is 5.11 Å². The number of nitrogens with one attached hydrogen (secondary N) is 1. The lowest BCUT2D eigenvalue weighted by Gasteiger charge is -2.07. The van der Waals surface area contributed by atoms with Gasteiger partial charge in [0.2, 0.25) is 5.82 Å². The van der Waals surface area contributed by atoms with E-state index in [1.54, 1.807) is 12.1 Å². The minimum atomic E-state index is -0.471. The van der Waals surface area contributed by atoms with Gasteiger partial charge in [0, 0.05) is 12.5 Å². The molecule has 0 atom stereocenters. The van der Waals surface area contributed by atoms with Gasteiger partial charge in [0.15, 0.2) is 0 Å². The van der Waals surface area contributed by atoms with E-state index < -0.39 is 5.91 Å². The Morgan fingerprint density at radius 2 is 2.24 bits per heavy atom. The predicted molar refractivity (Wildman–Crippen MR) is 74.8 cm³/mol. The van der Waals surface area contributed by atoms with Crippen LogP contribution >= 0.6 is 0 Å². The number of aliphatic hydroxyl groups is 1. The van der Waals surface area contributed by atoms with Crippen molar-refractivity contribution in [2.45, 2.75) is 19.8 Å². The molecule has 112 valence electrons. The van der Waals surface area contributed by atoms with Crippen molar-refractivity contribution in [1.82, 2.24) is 20.1 Å². The van der Waals surface area contributed by atoms with E-state index in [9.17, 15) is 9.18 Å². The number of halogens is 1. The molecule has 0 aliphatic heterocycles. The van der Waals surface area contributed by atoms with Gasteiger partial charge in [-0.05, 0) is 18.2 Å². The Morgan fingerprint density at radius 1 is 1.48 bits per heavy atom. The molecule has 6 nitrogen and oxygen atoms in total. The summed E-state index contributed by atoms with van der Waals surface area (Å²) in [4.78, 5) is 16.1. The third-order valence-electron chi connectivity index (χ3n) is 2.80. The van der Waals surface area contributed by atoms with Crippen LogP contribution in [0.2, 0.25) is 0 Å². The van der Waals surface area contributed by atoms with Crippen LogP contribution in [0.3, 0.4) is 0 Å². The average Bonchev–Trinajstić information content (AvgIpc) is 2.90. The van der Waals surface area contributed by atoms with Gasteiger partial charge in [-0.25, -0.2) is 14.1 Å². The number of aliphatic hydroxyl groups excluding tert-OH is 1. The molecule has 0 saturated heterocycles. The third-order valence-corrected chi connectivity index (χ3v) is 2.80. The van der Waals surface area contributed by atoms with Gasteiger partial charge in [-0.2, -0.15) is 0 Å². The van der Waals surface area contributed by atoms with Crippen LogP contribution in [0.15, 0.2) is 24.3 Å². The summed E-state index contributed by atoms with van der Waals surface area (Å²) in [7, 11) is 0. The van der Waals surface area contributed by atoms with Crippen molar-refractivity contribution in [3.63, 3.8) is 0 Å². The molecule has 0 aliphatic carbocycles. The largest absolute Gasteiger partial charge is 0.395 e. The summed E-state index contributed by atoms with van der Waals surface area (Å²) in [6, 6.07) is 5.93. The Hall–Kier alpha value is -2.28. The van der Waals surface area contributed by atoms with Crippen LogP contribution in [0.25, 0.3) is 5.69 Å². The average molecular weight is 292 g/mol. The molecule has 0 saturated carbocycles. The van der Waals surface area contributed by atoms with Crippen LogP contribution < -0.4 is 5.32 Å². The lowest BCUT2D eigenvalue weighted by atomic mass is 10.2. The molecule has 0 spiro atoms. The van der Waals surface area contributed by atoms with Crippen molar-refractivity contribution in [2.24, 2.45) is 0 Å². The quantitative estimate of drug-likeness (QED) is 0.869. The molecular weight excluding hydrogens is 275 g/mol. The molecule has 0 aliphatic rings. The van der Waals surface area contributed by atoms with Crippen LogP contribution in [0.5, 0.6) is 0 Å². The molecule has 0 radical (unpaired) electrons. The highest BCUT2D eigenvalue weighted by Gasteiger charge is 2.19. The zero-order valence-electron chi connectivity index (χ0n) is 11.9. The summed E-state index contributed by atoms with van der Waals surface area (Å²) in [5.41, 5.74) is 0.507. The van der Waals surface area contributed by atoms with Crippen molar-refractivity contribution < 1.29 is 14.3 Å². The van der Waals surface area contributed by atoms with Crippen LogP contribution in [0, 0.1) is 5.82 Å². The van der Waals surface area contributed by atoms with Crippen LogP contribution in [0.1, 0.15) is 36.2 Å². The van der Waals surface area contributed by atoms with Crippen molar-refractivity contribution in [3.8, 4) is 5.69 Å². The Balaban J connectivity index is 2.40. The molecular formula is C14H17FN4O2. The number of carbonyl (C=O) groups is 1. The van der Waals surface area contributed by atoms with Crippen molar-refractivity contribution >= 4 is 5.91 Å². The van der Waals surface area contributed by atoms with Gasteiger partial charge >= 0.3 is 0 Å². The van der Waals surface area contributed by atoms with Crippen molar-refractivity contribution in [3.05, 3.63) is 41.7 Å². The van der Waals surface area contributed by atoms with E-state index in [2.05, 4.69) is 15.4 Å². The van der Waals surface area contributed by atoms with E-state index in [0.717, 1.165) is 0 Å². The first-order valence-electron chi connectivity index (χ1n) is 6.65. The highest BCUT2D eigenvalue weighted by molar-refractivity contribution is 5.90. The summed E-state index contributed by atoms with van der Waals surface area (Å²) >= 11 is 0. The number of rotatable bonds is 5. The first-order chi connectivity index (χ1) is 10.0. The monoisotopic (exact) mass is 292 g/mol. The van der Waals surface area contributed by atoms with Gasteiger partial charge in [-0.1, -0.05) is 19.9 Å². The normalized spacial score (nSPS) is 10.9. The second-order valence-corrected chi connectivity index (χ2v) is 4.82. The molecule has 1 heterocycles. The molecule has 7 heteroatoms. The smallest absolute Gasteiger partial charge is 0.291 e. The summed E-state index contributed by atoms with van der Waals surface area (Å²) in [5.74, 6) is -0.281. The lowest BCUT2D eigenvalue weighted by molar-refractivity contribution is 0.0934. The fourth-order valence-corrected chi connectivity index (χ4v) is 1.84. The molecule has 0 unspecified atom stereocenters. The van der Waals surface area contributed by atoms with E-state index in [-0.39, 0.29) is 30.7 Å². The number of aromatic nitrogens is 3. The summed E-state index contributed by atoms with van der Waals surface area (Å²) in [6.07, 6.45) is 0. The summed E-state index contributed by atoms with van der Waals surface area (Å²) in [5, 5.41) is 15.3. The van der Waals surface area contributed by atoms with E-state index in [0.29, 0.717) is 11.5 Å². The van der Waals surface area contributed by atoms with Gasteiger partial charge in [0.1, 0.15) is 11.6 Å². The molecule has 1 aromatic heterocycles. The number of nitrogens with zero attached hydrogens (tertiary/aromatic N) is 3. The van der Waals surface area contributed by atoms with Gasteiger partial charge < -0.3 is 10.4 Å². The summed E-state index contributed by atoms with van der Waals surface area (Å²) in [6.45, 7) is 3.79. The Kier molecular flexibility index (Phi) is 4.64. The molecule has 0 fully saturated rings. The number of hydrogen-bond donors (Lipinski definition) is 2. The van der Waals surface area contributed by atoms with Crippen LogP contribution in [0.4, 0.5) is 4.39 Å². The highest BCUT2D eigenvalue weighted by Crippen LogP contribution is 2.18. The molecule has 0 bridgehead atoms. The Labute approximate surface area is 121 Å². The first kappa shape index (κ1) is 15.1. The summed E-state index contributed by atoms with van der Waals surface area (Å²) < 4.78 is 14.8. The zero-order chi connectivity index (χ0) is 15.4. The first-order valence-corrected chi connectivity index (χ1v) is 6.65. The van der Waals surface area contributed by atoms with Gasteiger partial charge in [0.25, 0.3) is 5.91 Å². The maximum atomic E-state index is 13.3. The van der Waals surface area contributed by atoms with Crippen LogP contribution in [-0.2, 0) is 0 Å². The number of benzene rings is 1. The molecule has 1 amide bonds. The topological polar surface area (TPSA) is 80.0 Å². The molecule has 21 heavy (non-hydrogen) atoms. The second-order valence-electron chi connectivity index (χ2n) is 4.82. The molecule has 1 aromatic carbocycles.